The molecule has 336 valence electrons. The normalized spacial score (nSPS) is 18.9. The summed E-state index contributed by atoms with van der Waals surface area (Å²) in [5.41, 5.74) is 8.41. The first-order chi connectivity index (χ1) is 28.4. The van der Waals surface area contributed by atoms with Crippen LogP contribution in [-0.4, -0.2) is 127 Å². The summed E-state index contributed by atoms with van der Waals surface area (Å²) in [5, 5.41) is 17.0. The summed E-state index contributed by atoms with van der Waals surface area (Å²) in [5.74, 6) is -1.74. The van der Waals surface area contributed by atoms with Gasteiger partial charge in [0.1, 0.15) is 6.04 Å². The lowest BCUT2D eigenvalue weighted by molar-refractivity contribution is -0.148. The van der Waals surface area contributed by atoms with Crippen molar-refractivity contribution in [2.75, 3.05) is 47.1 Å². The number of anilines is 1. The molecule has 2 aromatic rings. The summed E-state index contributed by atoms with van der Waals surface area (Å²) in [6.45, 7) is 16.7. The highest BCUT2D eigenvalue weighted by Gasteiger charge is 2.43. The molecule has 0 saturated carbocycles. The van der Waals surface area contributed by atoms with Crippen LogP contribution >= 0.6 is 0 Å². The van der Waals surface area contributed by atoms with Crippen molar-refractivity contribution < 1.29 is 33.8 Å². The van der Waals surface area contributed by atoms with Crippen molar-refractivity contribution in [2.45, 2.75) is 136 Å². The standard InChI is InChI=1S/C47H76N6O7/c1-13-31(6)42(52(10)47(58)40(29(2)3)50-46(57)41(30(4)5)51(9)27-25-34-21-23-36(48)24-22-34)38(59-11)28-39(54)53-26-17-20-37(53)44(60-12)32(7)45(56)49-33(8)43(55)35-18-15-14-16-19-35/h14-16,18-19,21-24,29-33,37-38,40-44,55H,13,17,20,25-28,48H2,1-12H3,(H,49,56)(H,50,57). The summed E-state index contributed by atoms with van der Waals surface area (Å²) in [6, 6.07) is 14.3. The van der Waals surface area contributed by atoms with E-state index in [2.05, 4.69) is 10.6 Å². The molecule has 0 radical (unpaired) electrons. The number of carbonyl (C=O) groups excluding carboxylic acids is 4. The zero-order valence-corrected chi connectivity index (χ0v) is 38.4. The smallest absolute Gasteiger partial charge is 0.245 e. The quantitative estimate of drug-likeness (QED) is 0.112. The second-order valence-corrected chi connectivity index (χ2v) is 17.6. The number of methoxy groups -OCH3 is 2. The van der Waals surface area contributed by atoms with E-state index in [-0.39, 0.29) is 53.8 Å². The number of aliphatic hydroxyl groups excluding tert-OH is 1. The molecule has 1 saturated heterocycles. The molecule has 13 nitrogen and oxygen atoms in total. The fraction of sp³-hybridized carbons (Fsp3) is 0.660. The van der Waals surface area contributed by atoms with Crippen LogP contribution in [0.15, 0.2) is 54.6 Å². The van der Waals surface area contributed by atoms with Crippen molar-refractivity contribution >= 4 is 29.3 Å². The predicted octanol–water partition coefficient (Wildman–Crippen LogP) is 5.07. The molecule has 4 amide bonds. The van der Waals surface area contributed by atoms with Crippen molar-refractivity contribution in [3.63, 3.8) is 0 Å². The predicted molar refractivity (Wildman–Crippen MR) is 238 cm³/mol. The van der Waals surface area contributed by atoms with Crippen LogP contribution in [0.5, 0.6) is 0 Å². The first-order valence-electron chi connectivity index (χ1n) is 21.9. The van der Waals surface area contributed by atoms with E-state index in [0.717, 1.165) is 24.8 Å². The third-order valence-electron chi connectivity index (χ3n) is 12.6. The van der Waals surface area contributed by atoms with Gasteiger partial charge < -0.3 is 40.7 Å². The Morgan fingerprint density at radius 1 is 0.883 bits per heavy atom. The number of likely N-dealkylation sites (tertiary alicyclic amines) is 1. The minimum Gasteiger partial charge on any atom is -0.399 e. The van der Waals surface area contributed by atoms with Gasteiger partial charge in [-0.25, -0.2) is 0 Å². The van der Waals surface area contributed by atoms with Crippen LogP contribution in [0.1, 0.15) is 98.3 Å². The van der Waals surface area contributed by atoms with Crippen LogP contribution in [0.2, 0.25) is 0 Å². The van der Waals surface area contributed by atoms with Crippen molar-refractivity contribution in [2.24, 2.45) is 23.7 Å². The molecule has 13 heteroatoms. The number of likely N-dealkylation sites (N-methyl/N-ethyl adjacent to an activating group) is 2. The molecular weight excluding hydrogens is 761 g/mol. The Kier molecular flexibility index (Phi) is 20.0. The lowest BCUT2D eigenvalue weighted by Gasteiger charge is -2.41. The van der Waals surface area contributed by atoms with Gasteiger partial charge in [-0.1, -0.05) is 97.4 Å². The van der Waals surface area contributed by atoms with Gasteiger partial charge in [0, 0.05) is 40.0 Å². The third-order valence-corrected chi connectivity index (χ3v) is 12.6. The second-order valence-electron chi connectivity index (χ2n) is 17.6. The number of ether oxygens (including phenoxy) is 2. The fourth-order valence-electron chi connectivity index (χ4n) is 8.79. The summed E-state index contributed by atoms with van der Waals surface area (Å²) in [6.07, 6.45) is 0.792. The van der Waals surface area contributed by atoms with Crippen molar-refractivity contribution in [1.82, 2.24) is 25.3 Å². The Labute approximate surface area is 360 Å². The Morgan fingerprint density at radius 2 is 1.52 bits per heavy atom. The number of nitrogens with one attached hydrogen (secondary N) is 2. The van der Waals surface area contributed by atoms with Gasteiger partial charge in [0.2, 0.25) is 23.6 Å². The fourth-order valence-corrected chi connectivity index (χ4v) is 8.79. The van der Waals surface area contributed by atoms with Crippen LogP contribution in [0, 0.1) is 23.7 Å². The summed E-state index contributed by atoms with van der Waals surface area (Å²) < 4.78 is 12.0. The number of nitrogens with two attached hydrogens (primary N) is 1. The van der Waals surface area contributed by atoms with Gasteiger partial charge in [-0.05, 0) is 74.2 Å². The molecule has 1 aliphatic rings. The minimum absolute atomic E-state index is 0.0144. The van der Waals surface area contributed by atoms with E-state index < -0.39 is 48.4 Å². The molecule has 10 unspecified atom stereocenters. The van der Waals surface area contributed by atoms with E-state index in [4.69, 9.17) is 15.2 Å². The molecule has 1 heterocycles. The lowest BCUT2D eigenvalue weighted by atomic mass is 9.89. The van der Waals surface area contributed by atoms with E-state index >= 15 is 0 Å². The van der Waals surface area contributed by atoms with E-state index in [1.54, 1.807) is 44.9 Å². The molecule has 2 aromatic carbocycles. The molecule has 0 bridgehead atoms. The molecular formula is C47H76N6O7. The van der Waals surface area contributed by atoms with Gasteiger partial charge in [-0.15, -0.1) is 0 Å². The Hall–Kier alpha value is -4.04. The van der Waals surface area contributed by atoms with E-state index in [9.17, 15) is 24.3 Å². The zero-order chi connectivity index (χ0) is 44.8. The van der Waals surface area contributed by atoms with Crippen LogP contribution in [-0.2, 0) is 35.1 Å². The number of nitrogen functional groups attached to an aromatic ring is 1. The minimum atomic E-state index is -0.885. The van der Waals surface area contributed by atoms with Crippen LogP contribution < -0.4 is 16.4 Å². The number of nitrogens with zero attached hydrogens (tertiary/aromatic N) is 3. The highest BCUT2D eigenvalue weighted by Crippen LogP contribution is 2.30. The molecule has 5 N–H and O–H groups in total. The average molecular weight is 837 g/mol. The monoisotopic (exact) mass is 837 g/mol. The molecule has 0 aromatic heterocycles. The van der Waals surface area contributed by atoms with Gasteiger partial charge in [0.05, 0.1) is 54.8 Å². The van der Waals surface area contributed by atoms with Crippen LogP contribution in [0.25, 0.3) is 0 Å². The topological polar surface area (TPSA) is 167 Å². The molecule has 0 aliphatic carbocycles. The highest BCUT2D eigenvalue weighted by molar-refractivity contribution is 5.90. The molecule has 1 aliphatic heterocycles. The molecule has 0 spiro atoms. The van der Waals surface area contributed by atoms with Crippen molar-refractivity contribution in [1.29, 1.82) is 0 Å². The summed E-state index contributed by atoms with van der Waals surface area (Å²) in [7, 11) is 6.80. The largest absolute Gasteiger partial charge is 0.399 e. The maximum absolute atomic E-state index is 14.5. The Bertz CT molecular complexity index is 1640. The highest BCUT2D eigenvalue weighted by atomic mass is 16.5. The van der Waals surface area contributed by atoms with Gasteiger partial charge in [0.15, 0.2) is 0 Å². The van der Waals surface area contributed by atoms with Gasteiger partial charge in [-0.3, -0.25) is 24.1 Å². The Balaban J connectivity index is 1.75. The van der Waals surface area contributed by atoms with Crippen LogP contribution in [0.4, 0.5) is 5.69 Å². The number of rotatable bonds is 23. The first kappa shape index (κ1) is 50.3. The second kappa shape index (κ2) is 23.8. The molecule has 10 atom stereocenters. The molecule has 1 fully saturated rings. The first-order valence-corrected chi connectivity index (χ1v) is 21.9. The Morgan fingerprint density at radius 3 is 2.07 bits per heavy atom. The maximum Gasteiger partial charge on any atom is 0.245 e. The number of amides is 4. The van der Waals surface area contributed by atoms with E-state index in [1.807, 2.05) is 108 Å². The summed E-state index contributed by atoms with van der Waals surface area (Å²) >= 11 is 0. The van der Waals surface area contributed by atoms with E-state index in [0.29, 0.717) is 30.8 Å². The molecule has 60 heavy (non-hydrogen) atoms. The zero-order valence-electron chi connectivity index (χ0n) is 38.4. The van der Waals surface area contributed by atoms with Gasteiger partial charge in [0.25, 0.3) is 0 Å². The third kappa shape index (κ3) is 13.2. The number of aliphatic hydroxyl groups is 1. The number of hydrogen-bond acceptors (Lipinski definition) is 9. The maximum atomic E-state index is 14.5. The SMILES string of the molecule is CCC(C)C(C(CC(=O)N1CCCC1C(OC)C(C)C(=O)NC(C)C(O)c1ccccc1)OC)N(C)C(=O)C(NC(=O)C(C(C)C)N(C)CCc1ccc(N)cc1)C(C)C. The summed E-state index contributed by atoms with van der Waals surface area (Å²) in [4.78, 5) is 61.9. The van der Waals surface area contributed by atoms with Crippen molar-refractivity contribution in [3.05, 3.63) is 65.7 Å². The number of hydrogen-bond donors (Lipinski definition) is 4. The lowest BCUT2D eigenvalue weighted by Crippen LogP contribution is -2.60. The average Bonchev–Trinajstić information content (AvgIpc) is 3.71. The van der Waals surface area contributed by atoms with Gasteiger partial charge in [-0.2, -0.15) is 0 Å². The van der Waals surface area contributed by atoms with Gasteiger partial charge >= 0.3 is 0 Å². The van der Waals surface area contributed by atoms with E-state index in [1.165, 1.54) is 0 Å². The van der Waals surface area contributed by atoms with Crippen LogP contribution in [0.3, 0.4) is 0 Å². The number of benzene rings is 2. The van der Waals surface area contributed by atoms with Crippen molar-refractivity contribution in [3.8, 4) is 0 Å². The number of carbonyl (C=O) groups is 4. The molecule has 3 rings (SSSR count).